The number of nitrogens with zero attached hydrogens (tertiary/aromatic N) is 2. The number of likely N-dealkylation sites (tertiary alicyclic amines) is 1. The Morgan fingerprint density at radius 2 is 1.79 bits per heavy atom. The molecule has 29 heavy (non-hydrogen) atoms. The van der Waals surface area contributed by atoms with Gasteiger partial charge in [-0.15, -0.1) is 12.4 Å². The lowest BCUT2D eigenvalue weighted by Gasteiger charge is -2.62. The van der Waals surface area contributed by atoms with E-state index in [0.29, 0.717) is 41.4 Å². The van der Waals surface area contributed by atoms with Crippen LogP contribution >= 0.6 is 12.4 Å². The fourth-order valence-corrected chi connectivity index (χ4v) is 8.85. The molecule has 0 bridgehead atoms. The summed E-state index contributed by atoms with van der Waals surface area (Å²) in [7, 11) is 0. The Hall–Kier alpha value is -0.610. The van der Waals surface area contributed by atoms with Crippen LogP contribution in [0.1, 0.15) is 78.6 Å². The van der Waals surface area contributed by atoms with Crippen molar-refractivity contribution in [1.82, 2.24) is 4.90 Å². The van der Waals surface area contributed by atoms with Crippen LogP contribution in [0.5, 0.6) is 0 Å². The first kappa shape index (κ1) is 21.6. The zero-order valence-corrected chi connectivity index (χ0v) is 19.2. The van der Waals surface area contributed by atoms with E-state index in [1.165, 1.54) is 38.8 Å². The zero-order chi connectivity index (χ0) is 19.7. The summed E-state index contributed by atoms with van der Waals surface area (Å²) < 4.78 is 0. The van der Waals surface area contributed by atoms with Crippen molar-refractivity contribution in [3.63, 3.8) is 0 Å². The Bertz CT molecular complexity index is 690. The molecule has 8 atom stereocenters. The summed E-state index contributed by atoms with van der Waals surface area (Å²) in [6.45, 7) is 9.57. The van der Waals surface area contributed by atoms with Crippen molar-refractivity contribution in [3.8, 4) is 0 Å². The van der Waals surface area contributed by atoms with Gasteiger partial charge in [-0.3, -0.25) is 9.69 Å². The Morgan fingerprint density at radius 1 is 1.07 bits per heavy atom. The summed E-state index contributed by atoms with van der Waals surface area (Å²) >= 11 is 0. The number of rotatable bonds is 1. The number of oxime groups is 1. The van der Waals surface area contributed by atoms with Crippen LogP contribution in [0, 0.1) is 40.4 Å². The first-order chi connectivity index (χ1) is 13.4. The van der Waals surface area contributed by atoms with Crippen molar-refractivity contribution in [2.24, 2.45) is 45.6 Å². The SMILES string of the molecule is CC1C[C@@H]2[C@@H](CC[C@]3(C)C(=O)CC[C@@H]23)[C@@]2(C)C(=NO)CC(N3CCCC3)CC12.Cl. The summed E-state index contributed by atoms with van der Waals surface area (Å²) in [5, 5.41) is 14.1. The number of carbonyl (C=O) groups excluding carboxylic acids is 1. The Balaban J connectivity index is 0.00000205. The number of hydrogen-bond donors (Lipinski definition) is 1. The molecule has 4 aliphatic carbocycles. The molecule has 0 aromatic rings. The molecular formula is C24H39ClN2O2. The maximum atomic E-state index is 12.7. The molecular weight excluding hydrogens is 384 g/mol. The average Bonchev–Trinajstić information content (AvgIpc) is 3.30. The molecule has 5 aliphatic rings. The van der Waals surface area contributed by atoms with Crippen LogP contribution < -0.4 is 0 Å². The minimum Gasteiger partial charge on any atom is -0.411 e. The summed E-state index contributed by atoms with van der Waals surface area (Å²) in [6, 6.07) is 0.562. The van der Waals surface area contributed by atoms with Gasteiger partial charge in [0.2, 0.25) is 0 Å². The molecule has 5 fully saturated rings. The standard InChI is InChI=1S/C24H38N2O2.ClH/c1-15-12-17-18-6-7-22(27)23(18,2)9-8-19(17)24(3)20(15)13-16(14-21(24)25-28)26-10-4-5-11-26;/h15-20,28H,4-14H2,1-3H3;1H/t15?,16?,17-,18-,19+,20?,23-,24+;/m0./s1. The zero-order valence-electron chi connectivity index (χ0n) is 18.4. The van der Waals surface area contributed by atoms with Gasteiger partial charge in [-0.05, 0) is 87.6 Å². The lowest BCUT2D eigenvalue weighted by molar-refractivity contribution is -0.136. The molecule has 1 aliphatic heterocycles. The summed E-state index contributed by atoms with van der Waals surface area (Å²) in [5.74, 6) is 3.54. The molecule has 0 spiro atoms. The van der Waals surface area contributed by atoms with Gasteiger partial charge in [0.05, 0.1) is 5.71 Å². The summed E-state index contributed by atoms with van der Waals surface area (Å²) in [4.78, 5) is 15.4. The second-order valence-electron chi connectivity index (χ2n) is 11.3. The van der Waals surface area contributed by atoms with Gasteiger partial charge in [-0.1, -0.05) is 25.9 Å². The highest BCUT2D eigenvalue weighted by molar-refractivity contribution is 5.92. The van der Waals surface area contributed by atoms with E-state index in [1.807, 2.05) is 0 Å². The number of ketones is 1. The molecule has 3 unspecified atom stereocenters. The topological polar surface area (TPSA) is 52.9 Å². The maximum Gasteiger partial charge on any atom is 0.139 e. The van der Waals surface area contributed by atoms with E-state index in [4.69, 9.17) is 0 Å². The van der Waals surface area contributed by atoms with E-state index in [1.54, 1.807) is 0 Å². The predicted octanol–water partition coefficient (Wildman–Crippen LogP) is 5.17. The lowest BCUT2D eigenvalue weighted by Crippen LogP contribution is -2.61. The van der Waals surface area contributed by atoms with Gasteiger partial charge in [-0.2, -0.15) is 0 Å². The Labute approximate surface area is 182 Å². The van der Waals surface area contributed by atoms with Gasteiger partial charge in [0.15, 0.2) is 0 Å². The minimum atomic E-state index is -0.0760. The molecule has 0 amide bonds. The minimum absolute atomic E-state index is 0. The highest BCUT2D eigenvalue weighted by Gasteiger charge is 2.63. The van der Waals surface area contributed by atoms with Gasteiger partial charge in [-0.25, -0.2) is 0 Å². The third-order valence-corrected chi connectivity index (χ3v) is 10.4. The van der Waals surface area contributed by atoms with Crippen LogP contribution in [0.4, 0.5) is 0 Å². The van der Waals surface area contributed by atoms with Crippen LogP contribution in [-0.2, 0) is 4.79 Å². The van der Waals surface area contributed by atoms with Gasteiger partial charge >= 0.3 is 0 Å². The Morgan fingerprint density at radius 3 is 2.48 bits per heavy atom. The molecule has 1 heterocycles. The van der Waals surface area contributed by atoms with Crippen molar-refractivity contribution in [3.05, 3.63) is 0 Å². The Kier molecular flexibility index (Phi) is 5.60. The largest absolute Gasteiger partial charge is 0.411 e. The normalized spacial score (nSPS) is 51.3. The first-order valence-electron chi connectivity index (χ1n) is 11.9. The predicted molar refractivity (Wildman–Crippen MR) is 118 cm³/mol. The highest BCUT2D eigenvalue weighted by atomic mass is 35.5. The molecule has 0 aromatic heterocycles. The van der Waals surface area contributed by atoms with E-state index < -0.39 is 0 Å². The van der Waals surface area contributed by atoms with Crippen LogP contribution in [-0.4, -0.2) is 40.7 Å². The molecule has 1 N–H and O–H groups in total. The third kappa shape index (κ3) is 2.95. The van der Waals surface area contributed by atoms with Gasteiger partial charge in [0.25, 0.3) is 0 Å². The van der Waals surface area contributed by atoms with Crippen LogP contribution in [0.2, 0.25) is 0 Å². The number of hydrogen-bond acceptors (Lipinski definition) is 4. The number of fused-ring (bicyclic) bond motifs is 5. The van der Waals surface area contributed by atoms with E-state index in [9.17, 15) is 10.0 Å². The quantitative estimate of drug-likeness (QED) is 0.468. The molecule has 4 saturated carbocycles. The van der Waals surface area contributed by atoms with Gasteiger partial charge in [0.1, 0.15) is 5.78 Å². The summed E-state index contributed by atoms with van der Waals surface area (Å²) in [6.07, 6.45) is 10.2. The van der Waals surface area contributed by atoms with Crippen molar-refractivity contribution in [1.29, 1.82) is 0 Å². The fourth-order valence-electron chi connectivity index (χ4n) is 8.85. The molecule has 4 nitrogen and oxygen atoms in total. The summed E-state index contributed by atoms with van der Waals surface area (Å²) in [5.41, 5.74) is 1.02. The van der Waals surface area contributed by atoms with Crippen molar-refractivity contribution in [2.75, 3.05) is 13.1 Å². The second-order valence-corrected chi connectivity index (χ2v) is 11.3. The number of Topliss-reactive ketones (excluding diaryl/α,β-unsaturated/α-hetero) is 1. The molecule has 1 saturated heterocycles. The lowest BCUT2D eigenvalue weighted by atomic mass is 9.42. The van der Waals surface area contributed by atoms with Gasteiger partial charge in [0, 0.05) is 29.7 Å². The first-order valence-corrected chi connectivity index (χ1v) is 11.9. The average molecular weight is 423 g/mol. The molecule has 164 valence electrons. The van der Waals surface area contributed by atoms with E-state index >= 15 is 0 Å². The van der Waals surface area contributed by atoms with Crippen LogP contribution in [0.25, 0.3) is 0 Å². The molecule has 0 radical (unpaired) electrons. The monoisotopic (exact) mass is 422 g/mol. The smallest absolute Gasteiger partial charge is 0.139 e. The highest BCUT2D eigenvalue weighted by Crippen LogP contribution is 2.66. The van der Waals surface area contributed by atoms with Crippen molar-refractivity contribution in [2.45, 2.75) is 84.6 Å². The van der Waals surface area contributed by atoms with Crippen LogP contribution in [0.15, 0.2) is 5.16 Å². The van der Waals surface area contributed by atoms with E-state index in [-0.39, 0.29) is 23.2 Å². The van der Waals surface area contributed by atoms with Crippen molar-refractivity contribution >= 4 is 23.9 Å². The molecule has 0 aromatic carbocycles. The van der Waals surface area contributed by atoms with Crippen LogP contribution in [0.3, 0.4) is 0 Å². The van der Waals surface area contributed by atoms with E-state index in [0.717, 1.165) is 37.8 Å². The molecule has 5 heteroatoms. The molecule has 5 rings (SSSR count). The third-order valence-electron chi connectivity index (χ3n) is 10.4. The van der Waals surface area contributed by atoms with Gasteiger partial charge < -0.3 is 5.21 Å². The fraction of sp³-hybridized carbons (Fsp3) is 0.917. The number of carbonyl (C=O) groups is 1. The van der Waals surface area contributed by atoms with E-state index in [2.05, 4.69) is 30.8 Å². The van der Waals surface area contributed by atoms with Crippen molar-refractivity contribution < 1.29 is 10.0 Å². The second kappa shape index (κ2) is 7.51. The maximum absolute atomic E-state index is 12.7. The number of halogens is 1.